The zero-order valence-corrected chi connectivity index (χ0v) is 8.93. The maximum atomic E-state index is 13.6. The van der Waals surface area contributed by atoms with E-state index in [0.29, 0.717) is 12.7 Å². The molecule has 0 fully saturated rings. The molecule has 1 aliphatic rings. The van der Waals surface area contributed by atoms with Crippen LogP contribution in [-0.4, -0.2) is 21.1 Å². The molecule has 84 valence electrons. The molecular weight excluding hydrogens is 209 g/mol. The Morgan fingerprint density at radius 1 is 1.69 bits per heavy atom. The van der Waals surface area contributed by atoms with Crippen LogP contribution in [0.1, 0.15) is 42.0 Å². The smallest absolute Gasteiger partial charge is 0.214 e. The highest BCUT2D eigenvalue weighted by Gasteiger charge is 2.34. The number of nitrogens with zero attached hydrogens (tertiary/aromatic N) is 3. The number of aromatic nitrogens is 3. The average molecular weight is 221 g/mol. The van der Waals surface area contributed by atoms with Crippen LogP contribution in [0.15, 0.2) is 24.3 Å². The number of carbonyl (C=O) groups is 1. The van der Waals surface area contributed by atoms with E-state index in [1.165, 1.54) is 4.68 Å². The first-order valence-electron chi connectivity index (χ1n) is 5.02. The lowest BCUT2D eigenvalue weighted by molar-refractivity contribution is 0.111. The molecular formula is C11H12FN3O. The molecule has 0 bridgehead atoms. The molecule has 0 amide bonds. The normalized spacial score (nSPS) is 24.2. The van der Waals surface area contributed by atoms with Gasteiger partial charge in [0.2, 0.25) is 5.82 Å². The van der Waals surface area contributed by atoms with E-state index in [-0.39, 0.29) is 17.7 Å². The van der Waals surface area contributed by atoms with Gasteiger partial charge in [-0.05, 0) is 12.5 Å². The fourth-order valence-corrected chi connectivity index (χ4v) is 1.92. The van der Waals surface area contributed by atoms with Crippen LogP contribution in [0.25, 0.3) is 0 Å². The van der Waals surface area contributed by atoms with E-state index in [2.05, 4.69) is 16.7 Å². The second-order valence-corrected chi connectivity index (χ2v) is 3.76. The van der Waals surface area contributed by atoms with E-state index in [9.17, 15) is 9.18 Å². The number of halogens is 1. The van der Waals surface area contributed by atoms with E-state index in [1.807, 2.05) is 13.0 Å². The molecule has 16 heavy (non-hydrogen) atoms. The third kappa shape index (κ3) is 1.58. The Bertz CT molecular complexity index is 464. The molecule has 0 saturated carbocycles. The van der Waals surface area contributed by atoms with Crippen LogP contribution in [0.3, 0.4) is 0 Å². The van der Waals surface area contributed by atoms with Crippen molar-refractivity contribution in [3.8, 4) is 0 Å². The second kappa shape index (κ2) is 4.00. The van der Waals surface area contributed by atoms with Gasteiger partial charge in [0, 0.05) is 6.42 Å². The van der Waals surface area contributed by atoms with Gasteiger partial charge in [0.1, 0.15) is 0 Å². The molecule has 0 spiro atoms. The first-order chi connectivity index (χ1) is 7.67. The Morgan fingerprint density at radius 3 is 3.06 bits per heavy atom. The van der Waals surface area contributed by atoms with Crippen molar-refractivity contribution in [2.24, 2.45) is 0 Å². The third-order valence-corrected chi connectivity index (χ3v) is 2.69. The Kier molecular flexibility index (Phi) is 2.68. The number of allylic oxidation sites excluding steroid dienone is 3. The Labute approximate surface area is 92.5 Å². The Hall–Kier alpha value is -1.78. The van der Waals surface area contributed by atoms with E-state index in [1.54, 1.807) is 6.08 Å². The molecule has 0 radical (unpaired) electrons. The summed E-state index contributed by atoms with van der Waals surface area (Å²) in [5.74, 6) is 0.276. The van der Waals surface area contributed by atoms with Crippen LogP contribution in [0.5, 0.6) is 0 Å². The summed E-state index contributed by atoms with van der Waals surface area (Å²) in [6.45, 7) is 5.48. The van der Waals surface area contributed by atoms with Gasteiger partial charge in [-0.3, -0.25) is 4.79 Å². The van der Waals surface area contributed by atoms with Crippen LogP contribution in [0.4, 0.5) is 4.39 Å². The van der Waals surface area contributed by atoms with Crippen molar-refractivity contribution < 1.29 is 9.18 Å². The lowest BCUT2D eigenvalue weighted by atomic mass is 10.1. The summed E-state index contributed by atoms with van der Waals surface area (Å²) in [6, 6.07) is -0.163. The standard InChI is InChI=1S/C11H12FN3O/c1-3-4-7(2)9-5-8(12)11-13-10(6-16)14-15(9)11/h3-4,6,8-9H,1,5H2,2H3/b7-4+. The topological polar surface area (TPSA) is 47.8 Å². The highest BCUT2D eigenvalue weighted by Crippen LogP contribution is 2.38. The molecule has 0 saturated heterocycles. The molecule has 2 unspecified atom stereocenters. The van der Waals surface area contributed by atoms with Gasteiger partial charge in [0.05, 0.1) is 6.04 Å². The molecule has 5 heteroatoms. The largest absolute Gasteiger partial charge is 0.294 e. The molecule has 2 atom stereocenters. The summed E-state index contributed by atoms with van der Waals surface area (Å²) in [5, 5.41) is 3.97. The fourth-order valence-electron chi connectivity index (χ4n) is 1.92. The number of alkyl halides is 1. The van der Waals surface area contributed by atoms with Crippen LogP contribution in [0.2, 0.25) is 0 Å². The van der Waals surface area contributed by atoms with Crippen LogP contribution < -0.4 is 0 Å². The first kappa shape index (κ1) is 10.7. The van der Waals surface area contributed by atoms with E-state index in [4.69, 9.17) is 0 Å². The molecule has 1 aliphatic heterocycles. The molecule has 0 N–H and O–H groups in total. The van der Waals surface area contributed by atoms with Crippen LogP contribution >= 0.6 is 0 Å². The molecule has 2 heterocycles. The lowest BCUT2D eigenvalue weighted by Crippen LogP contribution is -2.07. The zero-order valence-electron chi connectivity index (χ0n) is 8.93. The van der Waals surface area contributed by atoms with Crippen LogP contribution in [-0.2, 0) is 0 Å². The van der Waals surface area contributed by atoms with Gasteiger partial charge in [-0.2, -0.15) is 0 Å². The summed E-state index contributed by atoms with van der Waals surface area (Å²) in [6.07, 6.45) is 3.17. The van der Waals surface area contributed by atoms with Gasteiger partial charge in [-0.15, -0.1) is 5.10 Å². The maximum Gasteiger partial charge on any atom is 0.214 e. The van der Waals surface area contributed by atoms with Gasteiger partial charge in [0.25, 0.3) is 0 Å². The fraction of sp³-hybridized carbons (Fsp3) is 0.364. The highest BCUT2D eigenvalue weighted by atomic mass is 19.1. The maximum absolute atomic E-state index is 13.6. The molecule has 2 rings (SSSR count). The number of carbonyl (C=O) groups excluding carboxylic acids is 1. The average Bonchev–Trinajstić information content (AvgIpc) is 2.79. The van der Waals surface area contributed by atoms with Gasteiger partial charge >= 0.3 is 0 Å². The number of hydrogen-bond acceptors (Lipinski definition) is 3. The van der Waals surface area contributed by atoms with Crippen LogP contribution in [0, 0.1) is 0 Å². The summed E-state index contributed by atoms with van der Waals surface area (Å²) >= 11 is 0. The number of fused-ring (bicyclic) bond motifs is 1. The Morgan fingerprint density at radius 2 is 2.44 bits per heavy atom. The third-order valence-electron chi connectivity index (χ3n) is 2.69. The number of hydrogen-bond donors (Lipinski definition) is 0. The predicted octanol–water partition coefficient (Wildman–Crippen LogP) is 2.18. The van der Waals surface area contributed by atoms with Crippen molar-refractivity contribution >= 4 is 6.29 Å². The van der Waals surface area contributed by atoms with Crippen molar-refractivity contribution in [3.05, 3.63) is 36.0 Å². The summed E-state index contributed by atoms with van der Waals surface area (Å²) in [5.41, 5.74) is 0.957. The Balaban J connectivity index is 2.41. The van der Waals surface area contributed by atoms with Gasteiger partial charge < -0.3 is 0 Å². The molecule has 0 aromatic carbocycles. The number of aldehydes is 1. The van der Waals surface area contributed by atoms with Crippen molar-refractivity contribution in [2.45, 2.75) is 25.6 Å². The summed E-state index contributed by atoms with van der Waals surface area (Å²) in [7, 11) is 0. The van der Waals surface area contributed by atoms with Crippen molar-refractivity contribution in [2.75, 3.05) is 0 Å². The molecule has 4 nitrogen and oxygen atoms in total. The SMILES string of the molecule is C=C/C=C(\C)C1CC(F)c2nc(C=O)nn21. The molecule has 1 aromatic heterocycles. The van der Waals surface area contributed by atoms with Gasteiger partial charge in [-0.1, -0.05) is 18.7 Å². The summed E-state index contributed by atoms with van der Waals surface area (Å²) < 4.78 is 15.1. The van der Waals surface area contributed by atoms with E-state index < -0.39 is 6.17 Å². The second-order valence-electron chi connectivity index (χ2n) is 3.76. The molecule has 1 aromatic rings. The number of rotatable bonds is 3. The van der Waals surface area contributed by atoms with Crippen molar-refractivity contribution in [1.29, 1.82) is 0 Å². The first-order valence-corrected chi connectivity index (χ1v) is 5.02. The van der Waals surface area contributed by atoms with E-state index in [0.717, 1.165) is 5.57 Å². The summed E-state index contributed by atoms with van der Waals surface area (Å²) in [4.78, 5) is 14.4. The minimum absolute atomic E-state index is 0.0359. The lowest BCUT2D eigenvalue weighted by Gasteiger charge is -2.10. The van der Waals surface area contributed by atoms with Crippen molar-refractivity contribution in [3.63, 3.8) is 0 Å². The quantitative estimate of drug-likeness (QED) is 0.580. The monoisotopic (exact) mass is 221 g/mol. The highest BCUT2D eigenvalue weighted by molar-refractivity contribution is 5.68. The zero-order chi connectivity index (χ0) is 11.7. The minimum Gasteiger partial charge on any atom is -0.294 e. The van der Waals surface area contributed by atoms with Crippen molar-refractivity contribution in [1.82, 2.24) is 14.8 Å². The van der Waals surface area contributed by atoms with Gasteiger partial charge in [-0.25, -0.2) is 14.1 Å². The van der Waals surface area contributed by atoms with Gasteiger partial charge in [0.15, 0.2) is 18.3 Å². The van der Waals surface area contributed by atoms with E-state index >= 15 is 0 Å². The predicted molar refractivity (Wildman–Crippen MR) is 56.9 cm³/mol. The minimum atomic E-state index is -1.15. The molecule has 0 aliphatic carbocycles.